The fourth-order valence-electron chi connectivity index (χ4n) is 3.71. The smallest absolute Gasteiger partial charge is 0.354 e. The van der Waals surface area contributed by atoms with Crippen molar-refractivity contribution < 1.29 is 17.6 Å². The van der Waals surface area contributed by atoms with Crippen molar-refractivity contribution in [3.63, 3.8) is 0 Å². The number of benzene rings is 1. The van der Waals surface area contributed by atoms with Crippen molar-refractivity contribution in [3.05, 3.63) is 77.5 Å². The van der Waals surface area contributed by atoms with Crippen molar-refractivity contribution in [2.75, 3.05) is 37.8 Å². The van der Waals surface area contributed by atoms with Gasteiger partial charge in [-0.15, -0.1) is 0 Å². The molecule has 2 heterocycles. The molecule has 0 spiro atoms. The third-order valence-electron chi connectivity index (χ3n) is 5.65. The highest BCUT2D eigenvalue weighted by Crippen LogP contribution is 2.30. The number of hydrogen-bond donors (Lipinski definition) is 0. The lowest BCUT2D eigenvalue weighted by molar-refractivity contribution is -0.137. The number of allylic oxidation sites excluding steroid dienone is 1. The minimum absolute atomic E-state index is 0.329. The van der Waals surface area contributed by atoms with Crippen LogP contribution in [0.15, 0.2) is 60.8 Å². The second-order valence-corrected chi connectivity index (χ2v) is 8.32. The molecular formula is C29H38F4N4. The van der Waals surface area contributed by atoms with Crippen molar-refractivity contribution >= 4 is 11.4 Å². The highest BCUT2D eigenvalue weighted by molar-refractivity contribution is 5.77. The molecule has 1 atom stereocenters. The van der Waals surface area contributed by atoms with Crippen LogP contribution in [0.3, 0.4) is 0 Å². The number of piperazine rings is 1. The highest BCUT2D eigenvalue weighted by atomic mass is 19.4. The van der Waals surface area contributed by atoms with Crippen molar-refractivity contribution in [3.8, 4) is 6.07 Å². The number of pyridine rings is 1. The fraction of sp³-hybridized carbons (Fsp3) is 0.448. The van der Waals surface area contributed by atoms with Gasteiger partial charge in [0.05, 0.1) is 23.2 Å². The second-order valence-electron chi connectivity index (χ2n) is 8.32. The van der Waals surface area contributed by atoms with Crippen molar-refractivity contribution in [1.29, 1.82) is 5.26 Å². The molecule has 1 fully saturated rings. The van der Waals surface area contributed by atoms with Gasteiger partial charge in [0.1, 0.15) is 12.5 Å². The number of hydrogen-bond acceptors (Lipinski definition) is 4. The van der Waals surface area contributed by atoms with Crippen LogP contribution >= 0.6 is 0 Å². The topological polar surface area (TPSA) is 43.2 Å². The predicted octanol–water partition coefficient (Wildman–Crippen LogP) is 7.53. The number of anilines is 1. The maximum Gasteiger partial charge on any atom is 0.417 e. The van der Waals surface area contributed by atoms with Gasteiger partial charge in [0.25, 0.3) is 0 Å². The van der Waals surface area contributed by atoms with Crippen LogP contribution in [0, 0.1) is 11.3 Å². The number of nitrogens with zero attached hydrogens (tertiary/aromatic N) is 4. The summed E-state index contributed by atoms with van der Waals surface area (Å²) in [6, 6.07) is 11.1. The first kappa shape index (κ1) is 31.8. The molecule has 1 unspecified atom stereocenters. The van der Waals surface area contributed by atoms with Gasteiger partial charge in [0, 0.05) is 32.4 Å². The van der Waals surface area contributed by atoms with Crippen LogP contribution in [-0.2, 0) is 6.18 Å². The molecule has 202 valence electrons. The lowest BCUT2D eigenvalue weighted by Crippen LogP contribution is -2.54. The first-order chi connectivity index (χ1) is 17.7. The largest absolute Gasteiger partial charge is 0.417 e. The second kappa shape index (κ2) is 15.8. The molecule has 4 nitrogen and oxygen atoms in total. The summed E-state index contributed by atoms with van der Waals surface area (Å²) in [5, 5.41) is 8.96. The molecule has 1 aliphatic heterocycles. The standard InChI is InChI=1S/C24H24F4N4.C3H8.C2H6/c1-3-19(17(2)20-6-4-18(13-29)5-7-20)15-31-10-11-32(16-22(31)12-25)23-9-8-21(14-30-23)24(26,27)28;1-3-2;1-2/h3-9,14,22H,2,10-12,15-16H2,1H3;3H2,1-2H3;1-2H3/b19-3-;;. The zero-order chi connectivity index (χ0) is 28.0. The number of rotatable bonds is 6. The average molecular weight is 519 g/mol. The Labute approximate surface area is 218 Å². The fourth-order valence-corrected chi connectivity index (χ4v) is 3.71. The SMILES string of the molecule is C=C(/C(=C\C)CN1CCN(c2ccc(C(F)(F)F)cn2)CC1CF)c1ccc(C#N)cc1.CC.CCC. The molecule has 0 aliphatic carbocycles. The summed E-state index contributed by atoms with van der Waals surface area (Å²) in [5.41, 5.74) is 2.41. The minimum atomic E-state index is -4.44. The molecule has 1 aromatic carbocycles. The number of halogens is 4. The van der Waals surface area contributed by atoms with Crippen LogP contribution in [0.2, 0.25) is 0 Å². The molecule has 0 amide bonds. The van der Waals surface area contributed by atoms with Gasteiger partial charge in [-0.25, -0.2) is 9.37 Å². The van der Waals surface area contributed by atoms with Crippen LogP contribution in [0.25, 0.3) is 5.57 Å². The Bertz CT molecular complexity index is 1020. The Morgan fingerprint density at radius 2 is 1.76 bits per heavy atom. The van der Waals surface area contributed by atoms with Gasteiger partial charge in [-0.2, -0.15) is 18.4 Å². The van der Waals surface area contributed by atoms with E-state index in [2.05, 4.69) is 31.5 Å². The third-order valence-corrected chi connectivity index (χ3v) is 5.65. The van der Waals surface area contributed by atoms with Gasteiger partial charge in [0.2, 0.25) is 0 Å². The third kappa shape index (κ3) is 9.32. The van der Waals surface area contributed by atoms with Crippen LogP contribution < -0.4 is 4.90 Å². The Morgan fingerprint density at radius 3 is 2.22 bits per heavy atom. The molecule has 0 N–H and O–H groups in total. The molecule has 0 bridgehead atoms. The van der Waals surface area contributed by atoms with Gasteiger partial charge in [-0.3, -0.25) is 4.90 Å². The van der Waals surface area contributed by atoms with Crippen molar-refractivity contribution in [2.45, 2.75) is 53.3 Å². The van der Waals surface area contributed by atoms with Gasteiger partial charge >= 0.3 is 6.18 Å². The molecular weight excluding hydrogens is 480 g/mol. The van der Waals surface area contributed by atoms with E-state index in [4.69, 9.17) is 5.26 Å². The van der Waals surface area contributed by atoms with E-state index in [1.807, 2.05) is 48.8 Å². The minimum Gasteiger partial charge on any atom is -0.354 e. The Morgan fingerprint density at radius 1 is 1.14 bits per heavy atom. The van der Waals surface area contributed by atoms with Crippen molar-refractivity contribution in [2.24, 2.45) is 0 Å². The normalized spacial score (nSPS) is 16.1. The van der Waals surface area contributed by atoms with E-state index in [9.17, 15) is 17.6 Å². The Balaban J connectivity index is 0.00000127. The van der Waals surface area contributed by atoms with E-state index in [1.54, 1.807) is 12.1 Å². The van der Waals surface area contributed by atoms with Crippen LogP contribution in [0.1, 0.15) is 57.7 Å². The highest BCUT2D eigenvalue weighted by Gasteiger charge is 2.32. The van der Waals surface area contributed by atoms with E-state index in [-0.39, 0.29) is 0 Å². The summed E-state index contributed by atoms with van der Waals surface area (Å²) < 4.78 is 52.2. The Hall–Kier alpha value is -3.18. The van der Waals surface area contributed by atoms with E-state index >= 15 is 0 Å². The molecule has 3 rings (SSSR count). The van der Waals surface area contributed by atoms with Crippen LogP contribution in [0.5, 0.6) is 0 Å². The molecule has 0 saturated carbocycles. The van der Waals surface area contributed by atoms with Gasteiger partial charge in [-0.05, 0) is 47.9 Å². The molecule has 0 radical (unpaired) electrons. The quantitative estimate of drug-likeness (QED) is 0.293. The van der Waals surface area contributed by atoms with Gasteiger partial charge in [0.15, 0.2) is 0 Å². The Kier molecular flexibility index (Phi) is 13.6. The van der Waals surface area contributed by atoms with E-state index in [1.165, 1.54) is 12.5 Å². The van der Waals surface area contributed by atoms with Crippen LogP contribution in [-0.4, -0.2) is 48.8 Å². The zero-order valence-electron chi connectivity index (χ0n) is 22.4. The van der Waals surface area contributed by atoms with Crippen molar-refractivity contribution in [1.82, 2.24) is 9.88 Å². The average Bonchev–Trinajstić information content (AvgIpc) is 2.92. The predicted molar refractivity (Wildman–Crippen MR) is 144 cm³/mol. The number of nitriles is 1. The first-order valence-corrected chi connectivity index (χ1v) is 12.6. The monoisotopic (exact) mass is 518 g/mol. The molecule has 1 aliphatic rings. The van der Waals surface area contributed by atoms with E-state index < -0.39 is 24.5 Å². The molecule has 1 saturated heterocycles. The maximum atomic E-state index is 13.9. The summed E-state index contributed by atoms with van der Waals surface area (Å²) in [6.07, 6.45) is -0.433. The number of alkyl halides is 4. The van der Waals surface area contributed by atoms with Gasteiger partial charge in [-0.1, -0.05) is 58.9 Å². The zero-order valence-corrected chi connectivity index (χ0v) is 22.4. The van der Waals surface area contributed by atoms with Gasteiger partial charge < -0.3 is 4.90 Å². The molecule has 37 heavy (non-hydrogen) atoms. The lowest BCUT2D eigenvalue weighted by Gasteiger charge is -2.41. The maximum absolute atomic E-state index is 13.9. The molecule has 8 heteroatoms. The van der Waals surface area contributed by atoms with E-state index in [0.717, 1.165) is 29.0 Å². The summed E-state index contributed by atoms with van der Waals surface area (Å²) in [4.78, 5) is 7.77. The summed E-state index contributed by atoms with van der Waals surface area (Å²) in [5.74, 6) is 0.407. The molecule has 2 aromatic rings. The van der Waals surface area contributed by atoms with E-state index in [0.29, 0.717) is 37.6 Å². The molecule has 1 aromatic heterocycles. The summed E-state index contributed by atoms with van der Waals surface area (Å²) in [6.45, 7) is 15.6. The summed E-state index contributed by atoms with van der Waals surface area (Å²) in [7, 11) is 0. The number of aromatic nitrogens is 1. The van der Waals surface area contributed by atoms with Crippen LogP contribution in [0.4, 0.5) is 23.4 Å². The summed E-state index contributed by atoms with van der Waals surface area (Å²) >= 11 is 0. The lowest BCUT2D eigenvalue weighted by atomic mass is 9.97. The first-order valence-electron chi connectivity index (χ1n) is 12.6.